The molecule has 0 aliphatic carbocycles. The Bertz CT molecular complexity index is 3200. The van der Waals surface area contributed by atoms with Crippen LogP contribution in [-0.4, -0.2) is 14.1 Å². The number of ether oxygens (including phenoxy) is 1. The van der Waals surface area contributed by atoms with Gasteiger partial charge < -0.3 is 23.7 Å². The van der Waals surface area contributed by atoms with Crippen molar-refractivity contribution in [1.29, 1.82) is 0 Å². The molecular formula is C52H38N5OPt-3. The minimum absolute atomic E-state index is 0. The maximum atomic E-state index is 6.58. The molecule has 1 aliphatic rings. The largest absolute Gasteiger partial charge is 0.509 e. The smallest absolute Gasteiger partial charge is 0.135 e. The van der Waals surface area contributed by atoms with E-state index in [-0.39, 0.29) is 26.5 Å². The van der Waals surface area contributed by atoms with E-state index in [4.69, 9.17) is 9.72 Å². The summed E-state index contributed by atoms with van der Waals surface area (Å²) in [5.41, 5.74) is 10.8. The molecule has 11 rings (SSSR count). The standard InChI is InChI=1S/C52H38N5O.Pt/c1-52(2,3)35-28-29-53-51(30-35)57-46-21-10-7-18-41(46)43-26-25-40(33-50(43)57)58-39-17-13-16-37(31-39)54-34-55(49-23-12-11-22-48(49)54)38-24-27-47-44(32-38)42-19-8-9-20-45(42)56(47)36-14-5-4-6-15-36;/h4-30,32,34H,1-3H3;/q-3;. The van der Waals surface area contributed by atoms with Crippen molar-refractivity contribution >= 4 is 66.4 Å². The first-order chi connectivity index (χ1) is 28.4. The summed E-state index contributed by atoms with van der Waals surface area (Å²) in [7, 11) is 0. The molecule has 0 radical (unpaired) electrons. The van der Waals surface area contributed by atoms with Gasteiger partial charge in [-0.05, 0) is 83.1 Å². The van der Waals surface area contributed by atoms with Crippen LogP contribution in [0.2, 0.25) is 0 Å². The topological polar surface area (TPSA) is 38.5 Å². The molecule has 0 atom stereocenters. The number of para-hydroxylation sites is 5. The minimum atomic E-state index is -0.0164. The van der Waals surface area contributed by atoms with Gasteiger partial charge >= 0.3 is 0 Å². The molecule has 0 fully saturated rings. The van der Waals surface area contributed by atoms with E-state index in [0.29, 0.717) is 11.5 Å². The summed E-state index contributed by atoms with van der Waals surface area (Å²) in [6, 6.07) is 64.5. The summed E-state index contributed by atoms with van der Waals surface area (Å²) in [5.74, 6) is 2.06. The van der Waals surface area contributed by atoms with Gasteiger partial charge in [0.2, 0.25) is 0 Å². The molecule has 4 heterocycles. The second kappa shape index (κ2) is 14.3. The van der Waals surface area contributed by atoms with Crippen LogP contribution in [0.3, 0.4) is 0 Å². The van der Waals surface area contributed by atoms with E-state index in [0.717, 1.165) is 56.1 Å². The van der Waals surface area contributed by atoms with E-state index in [9.17, 15) is 0 Å². The van der Waals surface area contributed by atoms with Crippen molar-refractivity contribution in [3.63, 3.8) is 0 Å². The quantitative estimate of drug-likeness (QED) is 0.156. The number of benzene rings is 7. The van der Waals surface area contributed by atoms with Crippen molar-refractivity contribution < 1.29 is 25.8 Å². The number of fused-ring (bicyclic) bond motifs is 7. The zero-order valence-electron chi connectivity index (χ0n) is 32.7. The van der Waals surface area contributed by atoms with E-state index >= 15 is 0 Å². The van der Waals surface area contributed by atoms with Gasteiger partial charge in [-0.2, -0.15) is 12.1 Å². The van der Waals surface area contributed by atoms with Gasteiger partial charge in [0, 0.05) is 77.8 Å². The van der Waals surface area contributed by atoms with Crippen LogP contribution in [-0.2, 0) is 26.5 Å². The molecule has 0 saturated carbocycles. The molecule has 0 bridgehead atoms. The van der Waals surface area contributed by atoms with Crippen LogP contribution >= 0.6 is 0 Å². The minimum Gasteiger partial charge on any atom is -0.509 e. The molecule has 0 unspecified atom stereocenters. The molecule has 290 valence electrons. The maximum Gasteiger partial charge on any atom is 0.135 e. The van der Waals surface area contributed by atoms with Gasteiger partial charge in [0.1, 0.15) is 5.82 Å². The summed E-state index contributed by atoms with van der Waals surface area (Å²) in [4.78, 5) is 9.27. The Morgan fingerprint density at radius 2 is 1.19 bits per heavy atom. The van der Waals surface area contributed by atoms with Crippen LogP contribution in [0, 0.1) is 18.8 Å². The number of hydrogen-bond donors (Lipinski definition) is 0. The SMILES string of the molecule is CC(C)(C)c1ccnc(-n2c3[c-]c(Oc4[c-]c(N5[CH-]N(c6ccc7c(c6)c6ccccc6n7-c6ccccc6)c6ccccc65)ccc4)ccc3c3ccccc32)c1.[Pt]. The Balaban J connectivity index is 0.00000420. The van der Waals surface area contributed by atoms with E-state index in [1.807, 2.05) is 24.4 Å². The molecule has 0 spiro atoms. The third kappa shape index (κ3) is 6.18. The number of hydrogen-bond acceptors (Lipinski definition) is 4. The number of pyridine rings is 1. The zero-order valence-corrected chi connectivity index (χ0v) is 35.0. The van der Waals surface area contributed by atoms with Crippen LogP contribution in [0.5, 0.6) is 11.5 Å². The Hall–Kier alpha value is -6.62. The Labute approximate surface area is 357 Å². The molecule has 0 saturated heterocycles. The van der Waals surface area contributed by atoms with Crippen LogP contribution < -0.4 is 14.5 Å². The summed E-state index contributed by atoms with van der Waals surface area (Å²) >= 11 is 0. The van der Waals surface area contributed by atoms with Crippen molar-refractivity contribution in [2.75, 3.05) is 9.80 Å². The van der Waals surface area contributed by atoms with Crippen LogP contribution in [0.4, 0.5) is 22.7 Å². The molecular weight excluding hydrogens is 906 g/mol. The van der Waals surface area contributed by atoms with Gasteiger partial charge in [-0.25, -0.2) is 4.98 Å². The van der Waals surface area contributed by atoms with E-state index in [2.05, 4.69) is 204 Å². The van der Waals surface area contributed by atoms with Gasteiger partial charge in [0.25, 0.3) is 0 Å². The molecule has 1 aliphatic heterocycles. The second-order valence-electron chi connectivity index (χ2n) is 15.8. The fourth-order valence-electron chi connectivity index (χ4n) is 8.41. The number of nitrogens with zero attached hydrogens (tertiary/aromatic N) is 5. The average molecular weight is 944 g/mol. The summed E-state index contributed by atoms with van der Waals surface area (Å²) in [6.45, 7) is 8.82. The molecule has 59 heavy (non-hydrogen) atoms. The molecule has 0 amide bonds. The van der Waals surface area contributed by atoms with Crippen LogP contribution in [0.15, 0.2) is 170 Å². The van der Waals surface area contributed by atoms with Crippen molar-refractivity contribution in [1.82, 2.24) is 14.1 Å². The van der Waals surface area contributed by atoms with Gasteiger partial charge in [0.05, 0.1) is 11.0 Å². The molecule has 3 aromatic heterocycles. The average Bonchev–Trinajstić information content (AvgIpc) is 3.92. The fraction of sp³-hybridized carbons (Fsp3) is 0.0769. The number of aromatic nitrogens is 3. The molecule has 7 aromatic carbocycles. The third-order valence-corrected chi connectivity index (χ3v) is 11.2. The predicted molar refractivity (Wildman–Crippen MR) is 237 cm³/mol. The van der Waals surface area contributed by atoms with Crippen molar-refractivity contribution in [2.24, 2.45) is 0 Å². The van der Waals surface area contributed by atoms with E-state index in [1.54, 1.807) is 0 Å². The van der Waals surface area contributed by atoms with Gasteiger partial charge in [-0.1, -0.05) is 93.0 Å². The van der Waals surface area contributed by atoms with E-state index in [1.165, 1.54) is 27.4 Å². The van der Waals surface area contributed by atoms with E-state index < -0.39 is 0 Å². The second-order valence-corrected chi connectivity index (χ2v) is 15.8. The Morgan fingerprint density at radius 1 is 0.525 bits per heavy atom. The van der Waals surface area contributed by atoms with Gasteiger partial charge in [-0.3, -0.25) is 0 Å². The van der Waals surface area contributed by atoms with Crippen LogP contribution in [0.1, 0.15) is 26.3 Å². The normalized spacial score (nSPS) is 12.7. The fourth-order valence-corrected chi connectivity index (χ4v) is 8.41. The van der Waals surface area contributed by atoms with Crippen molar-refractivity contribution in [2.45, 2.75) is 26.2 Å². The van der Waals surface area contributed by atoms with Crippen molar-refractivity contribution in [3.05, 3.63) is 194 Å². The van der Waals surface area contributed by atoms with Crippen LogP contribution in [0.25, 0.3) is 55.1 Å². The molecule has 7 heteroatoms. The zero-order chi connectivity index (χ0) is 39.0. The third-order valence-electron chi connectivity index (χ3n) is 11.2. The maximum absolute atomic E-state index is 6.58. The van der Waals surface area contributed by atoms with Crippen molar-refractivity contribution in [3.8, 4) is 23.0 Å². The molecule has 6 nitrogen and oxygen atoms in total. The number of anilines is 4. The monoisotopic (exact) mass is 943 g/mol. The summed E-state index contributed by atoms with van der Waals surface area (Å²) in [6.07, 6.45) is 1.90. The predicted octanol–water partition coefficient (Wildman–Crippen LogP) is 13.4. The van der Waals surface area contributed by atoms with Gasteiger partial charge in [0.15, 0.2) is 0 Å². The summed E-state index contributed by atoms with van der Waals surface area (Å²) in [5, 5.41) is 4.66. The Morgan fingerprint density at radius 3 is 1.97 bits per heavy atom. The van der Waals surface area contributed by atoms with Gasteiger partial charge in [-0.15, -0.1) is 48.1 Å². The first kappa shape index (κ1) is 36.7. The summed E-state index contributed by atoms with van der Waals surface area (Å²) < 4.78 is 11.1. The first-order valence-corrected chi connectivity index (χ1v) is 19.6. The Kier molecular flexibility index (Phi) is 8.92. The molecule has 10 aromatic rings. The molecule has 0 N–H and O–H groups in total. The first-order valence-electron chi connectivity index (χ1n) is 19.6. The number of rotatable bonds is 6.